The molecule has 2 aromatic heterocycles. The number of aryl methyl sites for hydroxylation is 2. The molecule has 0 radical (unpaired) electrons. The number of hydrogen-bond acceptors (Lipinski definition) is 7. The number of anilines is 3. The minimum absolute atomic E-state index is 0.214. The number of hydrogen-bond donors (Lipinski definition) is 2. The van der Waals surface area contributed by atoms with Crippen molar-refractivity contribution in [2.45, 2.75) is 32.6 Å². The van der Waals surface area contributed by atoms with Gasteiger partial charge in [-0.25, -0.2) is 13.1 Å². The van der Waals surface area contributed by atoms with Crippen molar-refractivity contribution in [1.82, 2.24) is 20.0 Å². The predicted molar refractivity (Wildman–Crippen MR) is 132 cm³/mol. The van der Waals surface area contributed by atoms with E-state index >= 15 is 0 Å². The van der Waals surface area contributed by atoms with Crippen LogP contribution < -0.4 is 14.8 Å². The number of benzene rings is 2. The molecule has 0 unspecified atom stereocenters. The molecule has 34 heavy (non-hydrogen) atoms. The van der Waals surface area contributed by atoms with Gasteiger partial charge in [0.2, 0.25) is 0 Å². The first kappa shape index (κ1) is 23.2. The Balaban J connectivity index is 1.46. The van der Waals surface area contributed by atoms with Gasteiger partial charge in [-0.05, 0) is 93.4 Å². The smallest absolute Gasteiger partial charge is 0.262 e. The van der Waals surface area contributed by atoms with Gasteiger partial charge in [0.15, 0.2) is 11.6 Å². The SMILES string of the molecule is COc1ccc(S(=O)(=O)Nc2ccc(Nc3ccc(-n4nc(C)cc4C)nn3)cc2)c(C)c1C. The number of sulfonamides is 1. The van der Waals surface area contributed by atoms with E-state index in [0.717, 1.165) is 22.6 Å². The second-order valence-corrected chi connectivity index (χ2v) is 9.59. The fourth-order valence-corrected chi connectivity index (χ4v) is 4.99. The van der Waals surface area contributed by atoms with Crippen molar-refractivity contribution < 1.29 is 13.2 Å². The molecule has 0 bridgehead atoms. The molecule has 10 heteroatoms. The van der Waals surface area contributed by atoms with Crippen LogP contribution in [0.1, 0.15) is 22.5 Å². The summed E-state index contributed by atoms with van der Waals surface area (Å²) < 4.78 is 35.5. The highest BCUT2D eigenvalue weighted by atomic mass is 32.2. The third-order valence-corrected chi connectivity index (χ3v) is 7.01. The molecular weight excluding hydrogens is 452 g/mol. The van der Waals surface area contributed by atoms with Gasteiger partial charge < -0.3 is 10.1 Å². The molecule has 4 aromatic rings. The van der Waals surface area contributed by atoms with Gasteiger partial charge in [0, 0.05) is 17.1 Å². The van der Waals surface area contributed by atoms with E-state index < -0.39 is 10.0 Å². The number of aromatic nitrogens is 4. The quantitative estimate of drug-likeness (QED) is 0.404. The summed E-state index contributed by atoms with van der Waals surface area (Å²) in [4.78, 5) is 0.214. The Bertz CT molecular complexity index is 1430. The summed E-state index contributed by atoms with van der Waals surface area (Å²) in [5, 5.41) is 16.0. The molecule has 0 amide bonds. The molecule has 0 aliphatic carbocycles. The maximum Gasteiger partial charge on any atom is 0.262 e. The predicted octanol–water partition coefficient (Wildman–Crippen LogP) is 4.45. The average molecular weight is 479 g/mol. The minimum atomic E-state index is -3.75. The lowest BCUT2D eigenvalue weighted by atomic mass is 10.1. The molecule has 0 spiro atoms. The van der Waals surface area contributed by atoms with Crippen LogP contribution in [0.2, 0.25) is 0 Å². The molecule has 0 saturated carbocycles. The van der Waals surface area contributed by atoms with Gasteiger partial charge in [-0.2, -0.15) is 5.10 Å². The Morgan fingerprint density at radius 2 is 1.56 bits per heavy atom. The van der Waals surface area contributed by atoms with Crippen molar-refractivity contribution in [2.75, 3.05) is 17.1 Å². The molecule has 4 rings (SSSR count). The molecular formula is C24H26N6O3S. The van der Waals surface area contributed by atoms with Gasteiger partial charge in [-0.1, -0.05) is 0 Å². The van der Waals surface area contributed by atoms with Gasteiger partial charge in [0.1, 0.15) is 5.75 Å². The first-order valence-corrected chi connectivity index (χ1v) is 12.1. The van der Waals surface area contributed by atoms with E-state index in [9.17, 15) is 8.42 Å². The monoisotopic (exact) mass is 478 g/mol. The van der Waals surface area contributed by atoms with Crippen LogP contribution in [0, 0.1) is 27.7 Å². The van der Waals surface area contributed by atoms with Crippen LogP contribution in [0.3, 0.4) is 0 Å². The standard InChI is InChI=1S/C24H26N6O3S/c1-15-14-16(2)30(28-15)24-13-12-23(26-27-24)25-19-6-8-20(9-7-19)29-34(31,32)22-11-10-21(33-5)17(3)18(22)4/h6-14,29H,1-5H3,(H,25,26). The number of rotatable bonds is 7. The first-order valence-electron chi connectivity index (χ1n) is 10.6. The van der Waals surface area contributed by atoms with Crippen LogP contribution >= 0.6 is 0 Å². The highest BCUT2D eigenvalue weighted by molar-refractivity contribution is 7.92. The molecule has 176 valence electrons. The summed E-state index contributed by atoms with van der Waals surface area (Å²) in [7, 11) is -2.19. The molecule has 2 heterocycles. The van der Waals surface area contributed by atoms with Crippen LogP contribution in [0.15, 0.2) is 59.5 Å². The van der Waals surface area contributed by atoms with E-state index in [2.05, 4.69) is 25.3 Å². The molecule has 9 nitrogen and oxygen atoms in total. The van der Waals surface area contributed by atoms with Crippen molar-refractivity contribution in [3.05, 3.63) is 77.1 Å². The summed E-state index contributed by atoms with van der Waals surface area (Å²) in [6.07, 6.45) is 0. The lowest BCUT2D eigenvalue weighted by Gasteiger charge is -2.14. The number of nitrogens with zero attached hydrogens (tertiary/aromatic N) is 4. The van der Waals surface area contributed by atoms with Crippen molar-refractivity contribution in [3.63, 3.8) is 0 Å². The summed E-state index contributed by atoms with van der Waals surface area (Å²) in [6, 6.07) is 15.7. The lowest BCUT2D eigenvalue weighted by Crippen LogP contribution is -2.15. The van der Waals surface area contributed by atoms with E-state index in [4.69, 9.17) is 4.74 Å². The number of nitrogens with one attached hydrogen (secondary N) is 2. The fraction of sp³-hybridized carbons (Fsp3) is 0.208. The van der Waals surface area contributed by atoms with Crippen molar-refractivity contribution in [3.8, 4) is 11.6 Å². The summed E-state index contributed by atoms with van der Waals surface area (Å²) in [5.74, 6) is 1.84. The van der Waals surface area contributed by atoms with Gasteiger partial charge >= 0.3 is 0 Å². The van der Waals surface area contributed by atoms with E-state index in [1.807, 2.05) is 39.0 Å². The van der Waals surface area contributed by atoms with E-state index in [0.29, 0.717) is 28.6 Å². The summed E-state index contributed by atoms with van der Waals surface area (Å²) in [6.45, 7) is 7.48. The Morgan fingerprint density at radius 1 is 0.853 bits per heavy atom. The van der Waals surface area contributed by atoms with Crippen LogP contribution in [0.4, 0.5) is 17.2 Å². The number of ether oxygens (including phenoxy) is 1. The Hall–Kier alpha value is -3.92. The van der Waals surface area contributed by atoms with Crippen LogP contribution in [-0.4, -0.2) is 35.5 Å². The highest BCUT2D eigenvalue weighted by Gasteiger charge is 2.19. The maximum absolute atomic E-state index is 12.9. The molecule has 2 aromatic carbocycles. The van der Waals surface area contributed by atoms with Gasteiger partial charge in [-0.3, -0.25) is 4.72 Å². The first-order chi connectivity index (χ1) is 16.2. The Morgan fingerprint density at radius 3 is 2.15 bits per heavy atom. The van der Waals surface area contributed by atoms with Gasteiger partial charge in [-0.15, -0.1) is 10.2 Å². The zero-order valence-corrected chi connectivity index (χ0v) is 20.4. The zero-order valence-electron chi connectivity index (χ0n) is 19.6. The van der Waals surface area contributed by atoms with Crippen molar-refractivity contribution >= 4 is 27.2 Å². The van der Waals surface area contributed by atoms with E-state index in [1.54, 1.807) is 55.1 Å². The normalized spacial score (nSPS) is 11.3. The third-order valence-electron chi connectivity index (χ3n) is 5.48. The lowest BCUT2D eigenvalue weighted by molar-refractivity contribution is 0.411. The highest BCUT2D eigenvalue weighted by Crippen LogP contribution is 2.28. The molecule has 2 N–H and O–H groups in total. The van der Waals surface area contributed by atoms with Crippen LogP contribution in [0.5, 0.6) is 5.75 Å². The van der Waals surface area contributed by atoms with Crippen LogP contribution in [0.25, 0.3) is 5.82 Å². The number of methoxy groups -OCH3 is 1. The van der Waals surface area contributed by atoms with Gasteiger partial charge in [0.25, 0.3) is 10.0 Å². The maximum atomic E-state index is 12.9. The molecule has 0 aliphatic rings. The summed E-state index contributed by atoms with van der Waals surface area (Å²) in [5.41, 5.74) is 4.51. The van der Waals surface area contributed by atoms with E-state index in [1.165, 1.54) is 0 Å². The Kier molecular flexibility index (Phi) is 6.25. The fourth-order valence-electron chi connectivity index (χ4n) is 3.63. The van der Waals surface area contributed by atoms with Crippen molar-refractivity contribution in [2.24, 2.45) is 0 Å². The molecule has 0 fully saturated rings. The molecule has 0 atom stereocenters. The topological polar surface area (TPSA) is 111 Å². The molecule has 0 saturated heterocycles. The third kappa shape index (κ3) is 4.72. The van der Waals surface area contributed by atoms with Gasteiger partial charge in [0.05, 0.1) is 17.7 Å². The van der Waals surface area contributed by atoms with Crippen molar-refractivity contribution in [1.29, 1.82) is 0 Å². The second kappa shape index (κ2) is 9.14. The Labute approximate surface area is 198 Å². The molecule has 0 aliphatic heterocycles. The average Bonchev–Trinajstić information content (AvgIpc) is 3.15. The minimum Gasteiger partial charge on any atom is -0.496 e. The largest absolute Gasteiger partial charge is 0.496 e. The van der Waals surface area contributed by atoms with Crippen LogP contribution in [-0.2, 0) is 10.0 Å². The van der Waals surface area contributed by atoms with E-state index in [-0.39, 0.29) is 4.90 Å². The zero-order chi connectivity index (χ0) is 24.5. The second-order valence-electron chi connectivity index (χ2n) is 7.94. The summed E-state index contributed by atoms with van der Waals surface area (Å²) >= 11 is 0.